The lowest BCUT2D eigenvalue weighted by atomic mass is 10.1. The zero-order chi connectivity index (χ0) is 18.3. The molecule has 0 saturated carbocycles. The van der Waals surface area contributed by atoms with E-state index < -0.39 is 0 Å². The predicted octanol–water partition coefficient (Wildman–Crippen LogP) is 4.29. The summed E-state index contributed by atoms with van der Waals surface area (Å²) in [6.45, 7) is 1.45. The van der Waals surface area contributed by atoms with Crippen molar-refractivity contribution in [1.29, 1.82) is 0 Å². The van der Waals surface area contributed by atoms with E-state index in [9.17, 15) is 0 Å². The minimum absolute atomic E-state index is 0.611. The van der Waals surface area contributed by atoms with Gasteiger partial charge < -0.3 is 10.6 Å². The highest BCUT2D eigenvalue weighted by molar-refractivity contribution is 5.90. The van der Waals surface area contributed by atoms with Crippen molar-refractivity contribution in [3.63, 3.8) is 0 Å². The number of fused-ring (bicyclic) bond motifs is 1. The Bertz CT molecular complexity index is 1000. The van der Waals surface area contributed by atoms with E-state index in [0.29, 0.717) is 12.5 Å². The van der Waals surface area contributed by atoms with Crippen LogP contribution in [-0.2, 0) is 13.0 Å². The molecule has 0 spiro atoms. The Morgan fingerprint density at radius 1 is 0.741 bits per heavy atom. The van der Waals surface area contributed by atoms with Crippen LogP contribution in [0.3, 0.4) is 0 Å². The van der Waals surface area contributed by atoms with E-state index in [1.54, 1.807) is 6.20 Å². The van der Waals surface area contributed by atoms with Gasteiger partial charge in [0, 0.05) is 30.9 Å². The molecule has 0 aliphatic rings. The maximum absolute atomic E-state index is 4.69. The monoisotopic (exact) mass is 355 g/mol. The third-order valence-corrected chi connectivity index (χ3v) is 4.33. The van der Waals surface area contributed by atoms with E-state index >= 15 is 0 Å². The summed E-state index contributed by atoms with van der Waals surface area (Å²) in [5.74, 6) is 1.46. The first-order valence-electron chi connectivity index (χ1n) is 9.06. The third kappa shape index (κ3) is 4.39. The van der Waals surface area contributed by atoms with Crippen molar-refractivity contribution in [2.75, 3.05) is 17.2 Å². The van der Waals surface area contributed by atoms with Gasteiger partial charge >= 0.3 is 0 Å². The van der Waals surface area contributed by atoms with Crippen molar-refractivity contribution >= 4 is 22.7 Å². The minimum atomic E-state index is 0.611. The molecule has 2 aromatic carbocycles. The van der Waals surface area contributed by atoms with Gasteiger partial charge in [-0.15, -0.1) is 0 Å². The summed E-state index contributed by atoms with van der Waals surface area (Å²) in [6, 6.07) is 22.5. The number of nitrogens with one attached hydrogen (secondary N) is 2. The molecular weight excluding hydrogens is 334 g/mol. The number of para-hydroxylation sites is 1. The molecule has 4 rings (SSSR count). The van der Waals surface area contributed by atoms with Crippen molar-refractivity contribution in [2.24, 2.45) is 0 Å². The molecule has 2 aromatic heterocycles. The highest BCUT2D eigenvalue weighted by Crippen LogP contribution is 2.22. The maximum Gasteiger partial charge on any atom is 0.225 e. The van der Waals surface area contributed by atoms with Crippen molar-refractivity contribution in [3.8, 4) is 0 Å². The largest absolute Gasteiger partial charge is 0.369 e. The fourth-order valence-corrected chi connectivity index (χ4v) is 2.94. The number of benzene rings is 2. The minimum Gasteiger partial charge on any atom is -0.369 e. The van der Waals surface area contributed by atoms with Crippen LogP contribution in [0.1, 0.15) is 11.1 Å². The van der Waals surface area contributed by atoms with Gasteiger partial charge in [0.05, 0.1) is 5.52 Å². The van der Waals surface area contributed by atoms with Gasteiger partial charge in [0.1, 0.15) is 5.82 Å². The molecule has 134 valence electrons. The van der Waals surface area contributed by atoms with E-state index in [0.717, 1.165) is 35.2 Å². The number of aromatic nitrogens is 3. The molecule has 0 bridgehead atoms. The standard InChI is InChI=1S/C22H21N5/c1-2-7-17(8-3-1)12-14-24-21-19-10-4-5-11-20(19)26-22(27-21)25-16-18-9-6-13-23-15-18/h1-11,13,15H,12,14,16H2,(H2,24,25,26,27). The quantitative estimate of drug-likeness (QED) is 0.518. The molecule has 0 aliphatic heterocycles. The van der Waals surface area contributed by atoms with Gasteiger partial charge in [0.25, 0.3) is 0 Å². The Hall–Kier alpha value is -3.47. The van der Waals surface area contributed by atoms with Gasteiger partial charge in [-0.2, -0.15) is 4.98 Å². The maximum atomic E-state index is 4.69. The van der Waals surface area contributed by atoms with Crippen LogP contribution in [0, 0.1) is 0 Å². The zero-order valence-corrected chi connectivity index (χ0v) is 15.0. The van der Waals surface area contributed by atoms with Crippen LogP contribution in [0.4, 0.5) is 11.8 Å². The second-order valence-electron chi connectivity index (χ2n) is 6.29. The second-order valence-corrected chi connectivity index (χ2v) is 6.29. The van der Waals surface area contributed by atoms with Gasteiger partial charge in [-0.05, 0) is 35.7 Å². The second kappa shape index (κ2) is 8.27. The molecule has 0 unspecified atom stereocenters. The Morgan fingerprint density at radius 2 is 1.56 bits per heavy atom. The van der Waals surface area contributed by atoms with E-state index in [-0.39, 0.29) is 0 Å². The third-order valence-electron chi connectivity index (χ3n) is 4.33. The first kappa shape index (κ1) is 17.0. The van der Waals surface area contributed by atoms with Gasteiger partial charge in [-0.25, -0.2) is 4.98 Å². The van der Waals surface area contributed by atoms with Crippen molar-refractivity contribution in [1.82, 2.24) is 15.0 Å². The van der Waals surface area contributed by atoms with Gasteiger partial charge in [0.2, 0.25) is 5.95 Å². The van der Waals surface area contributed by atoms with Gasteiger partial charge in [-0.3, -0.25) is 4.98 Å². The van der Waals surface area contributed by atoms with Crippen LogP contribution in [-0.4, -0.2) is 21.5 Å². The average Bonchev–Trinajstić information content (AvgIpc) is 2.74. The normalized spacial score (nSPS) is 10.7. The summed E-state index contributed by atoms with van der Waals surface area (Å²) in [5, 5.41) is 7.80. The summed E-state index contributed by atoms with van der Waals surface area (Å²) in [7, 11) is 0. The van der Waals surface area contributed by atoms with Crippen molar-refractivity contribution < 1.29 is 0 Å². The van der Waals surface area contributed by atoms with E-state index in [2.05, 4.69) is 44.9 Å². The fraction of sp³-hybridized carbons (Fsp3) is 0.136. The number of hydrogen-bond acceptors (Lipinski definition) is 5. The Labute approximate surface area is 158 Å². The fourth-order valence-electron chi connectivity index (χ4n) is 2.94. The Morgan fingerprint density at radius 3 is 2.41 bits per heavy atom. The van der Waals surface area contributed by atoms with Crippen LogP contribution in [0.2, 0.25) is 0 Å². The van der Waals surface area contributed by atoms with E-state index in [1.165, 1.54) is 5.56 Å². The molecule has 5 heteroatoms. The first-order valence-corrected chi connectivity index (χ1v) is 9.06. The number of hydrogen-bond donors (Lipinski definition) is 2. The van der Waals surface area contributed by atoms with E-state index in [1.807, 2.05) is 48.7 Å². The van der Waals surface area contributed by atoms with Crippen LogP contribution < -0.4 is 10.6 Å². The highest BCUT2D eigenvalue weighted by atomic mass is 15.1. The molecule has 27 heavy (non-hydrogen) atoms. The summed E-state index contributed by atoms with van der Waals surface area (Å²) < 4.78 is 0. The average molecular weight is 355 g/mol. The predicted molar refractivity (Wildman–Crippen MR) is 110 cm³/mol. The van der Waals surface area contributed by atoms with E-state index in [4.69, 9.17) is 4.98 Å². The van der Waals surface area contributed by atoms with Crippen molar-refractivity contribution in [3.05, 3.63) is 90.3 Å². The first-order chi connectivity index (χ1) is 13.4. The zero-order valence-electron chi connectivity index (χ0n) is 15.0. The van der Waals surface area contributed by atoms with Gasteiger partial charge in [-0.1, -0.05) is 48.5 Å². The van der Waals surface area contributed by atoms with Crippen LogP contribution in [0.25, 0.3) is 10.9 Å². The summed E-state index contributed by atoms with van der Waals surface area (Å²) in [6.07, 6.45) is 4.55. The Balaban J connectivity index is 1.51. The van der Waals surface area contributed by atoms with Gasteiger partial charge in [0.15, 0.2) is 0 Å². The van der Waals surface area contributed by atoms with Crippen LogP contribution in [0.5, 0.6) is 0 Å². The summed E-state index contributed by atoms with van der Waals surface area (Å²) in [5.41, 5.74) is 3.31. The molecule has 0 fully saturated rings. The molecule has 5 nitrogen and oxygen atoms in total. The topological polar surface area (TPSA) is 62.7 Å². The SMILES string of the molecule is c1ccc(CCNc2nc(NCc3cccnc3)nc3ccccc23)cc1. The molecule has 0 amide bonds. The molecule has 4 aromatic rings. The van der Waals surface area contributed by atoms with Crippen molar-refractivity contribution in [2.45, 2.75) is 13.0 Å². The molecule has 2 heterocycles. The molecule has 0 radical (unpaired) electrons. The molecule has 0 atom stereocenters. The smallest absolute Gasteiger partial charge is 0.225 e. The highest BCUT2D eigenvalue weighted by Gasteiger charge is 2.07. The molecule has 0 saturated heterocycles. The number of nitrogens with zero attached hydrogens (tertiary/aromatic N) is 3. The lowest BCUT2D eigenvalue weighted by Gasteiger charge is -2.12. The molecule has 0 aliphatic carbocycles. The number of rotatable bonds is 7. The Kier molecular flexibility index (Phi) is 5.20. The molecule has 2 N–H and O–H groups in total. The van der Waals surface area contributed by atoms with Crippen LogP contribution >= 0.6 is 0 Å². The number of anilines is 2. The summed E-state index contributed by atoms with van der Waals surface area (Å²) in [4.78, 5) is 13.5. The summed E-state index contributed by atoms with van der Waals surface area (Å²) >= 11 is 0. The lowest BCUT2D eigenvalue weighted by Crippen LogP contribution is -2.10. The number of pyridine rings is 1. The molecular formula is C22H21N5. The lowest BCUT2D eigenvalue weighted by molar-refractivity contribution is 0.999. The van der Waals surface area contributed by atoms with Crippen LogP contribution in [0.15, 0.2) is 79.1 Å².